The second kappa shape index (κ2) is 4.55. The average Bonchev–Trinajstić information content (AvgIpc) is 2.30. The first-order valence-electron chi connectivity index (χ1n) is 5.04. The molecule has 0 saturated heterocycles. The summed E-state index contributed by atoms with van der Waals surface area (Å²) in [5, 5.41) is 3.08. The lowest BCUT2D eigenvalue weighted by atomic mass is 10.3. The molecule has 88 valence electrons. The molecule has 0 radical (unpaired) electrons. The Morgan fingerprint density at radius 2 is 1.76 bits per heavy atom. The second-order valence-electron chi connectivity index (χ2n) is 3.64. The molecule has 5 heteroatoms. The number of nitrogens with one attached hydrogen (secondary N) is 1. The predicted molar refractivity (Wildman–Crippen MR) is 67.1 cm³/mol. The van der Waals surface area contributed by atoms with E-state index in [1.54, 1.807) is 6.07 Å². The number of pyridine rings is 1. The van der Waals surface area contributed by atoms with Crippen molar-refractivity contribution in [1.29, 1.82) is 0 Å². The molecule has 0 amide bonds. The van der Waals surface area contributed by atoms with Gasteiger partial charge in [0.2, 0.25) is 0 Å². The van der Waals surface area contributed by atoms with E-state index in [2.05, 4.69) is 10.3 Å². The van der Waals surface area contributed by atoms with Crippen LogP contribution in [-0.2, 0) is 9.84 Å². The molecule has 0 unspecified atom stereocenters. The highest BCUT2D eigenvalue weighted by atomic mass is 32.2. The number of rotatable bonds is 3. The van der Waals surface area contributed by atoms with Crippen LogP contribution in [0.25, 0.3) is 0 Å². The van der Waals surface area contributed by atoms with Gasteiger partial charge in [0.15, 0.2) is 9.84 Å². The predicted octanol–water partition coefficient (Wildman–Crippen LogP) is 2.23. The van der Waals surface area contributed by atoms with Crippen molar-refractivity contribution >= 4 is 21.3 Å². The summed E-state index contributed by atoms with van der Waals surface area (Å²) in [7, 11) is -3.18. The molecule has 0 fully saturated rings. The molecule has 0 aliphatic heterocycles. The first-order valence-corrected chi connectivity index (χ1v) is 6.93. The zero-order valence-electron chi connectivity index (χ0n) is 9.29. The molecular weight excluding hydrogens is 236 g/mol. The van der Waals surface area contributed by atoms with E-state index in [-0.39, 0.29) is 4.90 Å². The summed E-state index contributed by atoms with van der Waals surface area (Å²) in [6.07, 6.45) is 2.51. The minimum atomic E-state index is -3.18. The van der Waals surface area contributed by atoms with E-state index in [1.807, 2.05) is 30.3 Å². The lowest BCUT2D eigenvalue weighted by Gasteiger charge is -2.05. The Kier molecular flexibility index (Phi) is 3.10. The molecule has 17 heavy (non-hydrogen) atoms. The number of sulfone groups is 1. The van der Waals surface area contributed by atoms with Gasteiger partial charge in [-0.15, -0.1) is 0 Å². The second-order valence-corrected chi connectivity index (χ2v) is 5.66. The molecule has 1 N–H and O–H groups in total. The largest absolute Gasteiger partial charge is 0.340 e. The van der Waals surface area contributed by atoms with Crippen LogP contribution in [0.15, 0.2) is 53.6 Å². The first kappa shape index (κ1) is 11.6. The van der Waals surface area contributed by atoms with Crippen molar-refractivity contribution in [3.05, 3.63) is 48.7 Å². The fraction of sp³-hybridized carbons (Fsp3) is 0.0833. The number of benzene rings is 1. The van der Waals surface area contributed by atoms with Crippen LogP contribution >= 0.6 is 0 Å². The summed E-state index contributed by atoms with van der Waals surface area (Å²) in [6, 6.07) is 12.7. The standard InChI is InChI=1S/C12H12N2O2S/c1-17(15,16)11-7-8-12(13-9-11)14-10-5-3-2-4-6-10/h2-9H,1H3,(H,13,14). The van der Waals surface area contributed by atoms with E-state index >= 15 is 0 Å². The summed E-state index contributed by atoms with van der Waals surface area (Å²) in [4.78, 5) is 4.27. The van der Waals surface area contributed by atoms with Crippen molar-refractivity contribution in [2.45, 2.75) is 4.90 Å². The van der Waals surface area contributed by atoms with E-state index in [0.717, 1.165) is 11.9 Å². The molecular formula is C12H12N2O2S. The Balaban J connectivity index is 2.20. The van der Waals surface area contributed by atoms with Gasteiger partial charge in [-0.25, -0.2) is 13.4 Å². The summed E-state index contributed by atoms with van der Waals surface area (Å²) >= 11 is 0. The molecule has 0 aliphatic rings. The minimum absolute atomic E-state index is 0.219. The fourth-order valence-corrected chi connectivity index (χ4v) is 1.90. The number of anilines is 2. The molecule has 0 saturated carbocycles. The molecule has 0 bridgehead atoms. The molecule has 1 aromatic heterocycles. The Hall–Kier alpha value is -1.88. The summed E-state index contributed by atoms with van der Waals surface area (Å²) in [6.45, 7) is 0. The number of aromatic nitrogens is 1. The monoisotopic (exact) mass is 248 g/mol. The molecule has 4 nitrogen and oxygen atoms in total. The molecule has 0 atom stereocenters. The zero-order valence-corrected chi connectivity index (χ0v) is 10.1. The van der Waals surface area contributed by atoms with Crippen LogP contribution in [0.4, 0.5) is 11.5 Å². The Morgan fingerprint density at radius 3 is 2.29 bits per heavy atom. The van der Waals surface area contributed by atoms with Gasteiger partial charge >= 0.3 is 0 Å². The van der Waals surface area contributed by atoms with Gasteiger partial charge in [0.05, 0.1) is 4.90 Å². The van der Waals surface area contributed by atoms with Crippen molar-refractivity contribution in [3.63, 3.8) is 0 Å². The molecule has 1 aromatic carbocycles. The van der Waals surface area contributed by atoms with Gasteiger partial charge in [0.1, 0.15) is 5.82 Å². The Labute approximate surface area is 100 Å². The van der Waals surface area contributed by atoms with Crippen molar-refractivity contribution < 1.29 is 8.42 Å². The highest BCUT2D eigenvalue weighted by Crippen LogP contribution is 2.15. The summed E-state index contributed by atoms with van der Waals surface area (Å²) in [5.74, 6) is 0.614. The summed E-state index contributed by atoms with van der Waals surface area (Å²) in [5.41, 5.74) is 0.909. The van der Waals surface area contributed by atoms with Crippen LogP contribution in [0, 0.1) is 0 Å². The SMILES string of the molecule is CS(=O)(=O)c1ccc(Nc2ccccc2)nc1. The third-order valence-corrected chi connectivity index (χ3v) is 3.31. The van der Waals surface area contributed by atoms with E-state index < -0.39 is 9.84 Å². The number of nitrogens with zero attached hydrogens (tertiary/aromatic N) is 1. The van der Waals surface area contributed by atoms with E-state index in [1.165, 1.54) is 12.3 Å². The molecule has 1 heterocycles. The van der Waals surface area contributed by atoms with Gasteiger partial charge in [0, 0.05) is 18.1 Å². The molecule has 0 spiro atoms. The fourth-order valence-electron chi connectivity index (χ4n) is 1.34. The Morgan fingerprint density at radius 1 is 1.06 bits per heavy atom. The van der Waals surface area contributed by atoms with Gasteiger partial charge in [-0.3, -0.25) is 0 Å². The van der Waals surface area contributed by atoms with Crippen molar-refractivity contribution in [2.75, 3.05) is 11.6 Å². The topological polar surface area (TPSA) is 59.1 Å². The van der Waals surface area contributed by atoms with Crippen LogP contribution in [0.3, 0.4) is 0 Å². The lowest BCUT2D eigenvalue weighted by Crippen LogP contribution is -1.99. The summed E-state index contributed by atoms with van der Waals surface area (Å²) < 4.78 is 22.5. The van der Waals surface area contributed by atoms with Crippen molar-refractivity contribution in [1.82, 2.24) is 4.98 Å². The first-order chi connectivity index (χ1) is 8.05. The normalized spacial score (nSPS) is 11.1. The van der Waals surface area contributed by atoms with Crippen LogP contribution in [0.5, 0.6) is 0 Å². The van der Waals surface area contributed by atoms with Gasteiger partial charge in [0.25, 0.3) is 0 Å². The maximum atomic E-state index is 11.2. The molecule has 2 rings (SSSR count). The van der Waals surface area contributed by atoms with E-state index in [9.17, 15) is 8.42 Å². The number of hydrogen-bond donors (Lipinski definition) is 1. The van der Waals surface area contributed by atoms with Crippen LogP contribution < -0.4 is 5.32 Å². The highest BCUT2D eigenvalue weighted by molar-refractivity contribution is 7.90. The van der Waals surface area contributed by atoms with E-state index in [4.69, 9.17) is 0 Å². The van der Waals surface area contributed by atoms with Crippen molar-refractivity contribution in [3.8, 4) is 0 Å². The highest BCUT2D eigenvalue weighted by Gasteiger charge is 2.06. The zero-order chi connectivity index (χ0) is 12.3. The van der Waals surface area contributed by atoms with Gasteiger partial charge in [-0.1, -0.05) is 18.2 Å². The van der Waals surface area contributed by atoms with Crippen molar-refractivity contribution in [2.24, 2.45) is 0 Å². The maximum Gasteiger partial charge on any atom is 0.177 e. The smallest absolute Gasteiger partial charge is 0.177 e. The van der Waals surface area contributed by atoms with Gasteiger partial charge < -0.3 is 5.32 Å². The third kappa shape index (κ3) is 3.04. The lowest BCUT2D eigenvalue weighted by molar-refractivity contribution is 0.601. The molecule has 0 aliphatic carbocycles. The number of hydrogen-bond acceptors (Lipinski definition) is 4. The van der Waals surface area contributed by atoms with E-state index in [0.29, 0.717) is 5.82 Å². The average molecular weight is 248 g/mol. The Bertz CT molecular complexity index is 592. The molecule has 2 aromatic rings. The van der Waals surface area contributed by atoms with Crippen LogP contribution in [-0.4, -0.2) is 19.7 Å². The number of para-hydroxylation sites is 1. The quantitative estimate of drug-likeness (QED) is 0.904. The minimum Gasteiger partial charge on any atom is -0.340 e. The van der Waals surface area contributed by atoms with Gasteiger partial charge in [-0.2, -0.15) is 0 Å². The van der Waals surface area contributed by atoms with Gasteiger partial charge in [-0.05, 0) is 24.3 Å². The van der Waals surface area contributed by atoms with Crippen LogP contribution in [0.1, 0.15) is 0 Å². The van der Waals surface area contributed by atoms with Crippen LogP contribution in [0.2, 0.25) is 0 Å². The third-order valence-electron chi connectivity index (χ3n) is 2.21. The maximum absolute atomic E-state index is 11.2.